The molecule has 1 aromatic carbocycles. The number of hydrogen-bond acceptors (Lipinski definition) is 5. The lowest BCUT2D eigenvalue weighted by Crippen LogP contribution is -2.42. The summed E-state index contributed by atoms with van der Waals surface area (Å²) in [5.74, 6) is 1.76. The molecule has 1 aliphatic heterocycles. The maximum absolute atomic E-state index is 12.6. The first-order valence-electron chi connectivity index (χ1n) is 10.2. The van der Waals surface area contributed by atoms with Gasteiger partial charge in [-0.15, -0.1) is 0 Å². The number of piperidine rings is 1. The Bertz CT molecular complexity index is 884. The normalized spacial score (nSPS) is 18.3. The number of aromatic nitrogens is 3. The summed E-state index contributed by atoms with van der Waals surface area (Å²) in [6.45, 7) is 3.36. The van der Waals surface area contributed by atoms with E-state index in [1.54, 1.807) is 23.9 Å². The van der Waals surface area contributed by atoms with Gasteiger partial charge in [-0.2, -0.15) is 5.10 Å². The topological polar surface area (TPSA) is 89.3 Å². The van der Waals surface area contributed by atoms with E-state index in [1.807, 2.05) is 24.0 Å². The summed E-state index contributed by atoms with van der Waals surface area (Å²) >= 11 is 0. The number of hydrogen-bond donors (Lipinski definition) is 1. The van der Waals surface area contributed by atoms with E-state index >= 15 is 0 Å². The summed E-state index contributed by atoms with van der Waals surface area (Å²) in [4.78, 5) is 30.9. The number of ether oxygens (including phenoxy) is 1. The predicted molar refractivity (Wildman–Crippen MR) is 106 cm³/mol. The van der Waals surface area contributed by atoms with Crippen LogP contribution in [0.3, 0.4) is 0 Å². The van der Waals surface area contributed by atoms with Crippen LogP contribution in [0.25, 0.3) is 0 Å². The number of nitrogens with one attached hydrogen (secondary N) is 1. The van der Waals surface area contributed by atoms with Gasteiger partial charge in [0, 0.05) is 44.5 Å². The highest BCUT2D eigenvalue weighted by molar-refractivity contribution is 5.94. The van der Waals surface area contributed by atoms with Gasteiger partial charge in [-0.05, 0) is 38.0 Å². The van der Waals surface area contributed by atoms with E-state index in [4.69, 9.17) is 4.74 Å². The van der Waals surface area contributed by atoms with Gasteiger partial charge in [0.1, 0.15) is 24.0 Å². The smallest absolute Gasteiger partial charge is 0.251 e. The van der Waals surface area contributed by atoms with Crippen LogP contribution in [0.2, 0.25) is 0 Å². The Balaban J connectivity index is 1.32. The predicted octanol–water partition coefficient (Wildman–Crippen LogP) is 2.09. The lowest BCUT2D eigenvalue weighted by atomic mass is 10.1. The van der Waals surface area contributed by atoms with Crippen molar-refractivity contribution in [3.63, 3.8) is 0 Å². The highest BCUT2D eigenvalue weighted by Crippen LogP contribution is 2.32. The van der Waals surface area contributed by atoms with E-state index in [0.29, 0.717) is 23.0 Å². The van der Waals surface area contributed by atoms with Crippen molar-refractivity contribution in [1.29, 1.82) is 0 Å². The summed E-state index contributed by atoms with van der Waals surface area (Å²) in [5, 5.41) is 6.98. The molecule has 1 aliphatic carbocycles. The van der Waals surface area contributed by atoms with Gasteiger partial charge >= 0.3 is 0 Å². The molecule has 1 saturated carbocycles. The van der Waals surface area contributed by atoms with E-state index in [1.165, 1.54) is 6.33 Å². The number of amides is 2. The van der Waals surface area contributed by atoms with Gasteiger partial charge in [0.2, 0.25) is 5.91 Å². The molecule has 1 saturated heterocycles. The molecule has 0 spiro atoms. The fraction of sp³-hybridized carbons (Fsp3) is 0.524. The number of likely N-dealkylation sites (tertiary alicyclic amines) is 1. The zero-order chi connectivity index (χ0) is 20.4. The SMILES string of the molecule is C[C@H](NC(=O)c1cccc(OC2CCN(C(=O)C3CC3)CC2)c1)c1ncnn1C. The highest BCUT2D eigenvalue weighted by atomic mass is 16.5. The van der Waals surface area contributed by atoms with Gasteiger partial charge in [-0.25, -0.2) is 4.98 Å². The molecule has 0 unspecified atom stereocenters. The monoisotopic (exact) mass is 397 g/mol. The van der Waals surface area contributed by atoms with Crippen LogP contribution in [0.5, 0.6) is 5.75 Å². The van der Waals surface area contributed by atoms with Crippen LogP contribution in [0.1, 0.15) is 54.8 Å². The number of carbonyl (C=O) groups excluding carboxylic acids is 2. The Kier molecular flexibility index (Phi) is 5.51. The molecule has 8 heteroatoms. The zero-order valence-corrected chi connectivity index (χ0v) is 16.9. The number of benzene rings is 1. The maximum atomic E-state index is 12.6. The zero-order valence-electron chi connectivity index (χ0n) is 16.9. The third kappa shape index (κ3) is 4.58. The average molecular weight is 397 g/mol. The molecule has 0 radical (unpaired) electrons. The fourth-order valence-electron chi connectivity index (χ4n) is 3.73. The summed E-state index contributed by atoms with van der Waals surface area (Å²) in [6, 6.07) is 6.96. The minimum Gasteiger partial charge on any atom is -0.490 e. The van der Waals surface area contributed by atoms with Gasteiger partial charge in [0.05, 0.1) is 6.04 Å². The maximum Gasteiger partial charge on any atom is 0.251 e. The van der Waals surface area contributed by atoms with Gasteiger partial charge in [0.25, 0.3) is 5.91 Å². The molecule has 8 nitrogen and oxygen atoms in total. The van der Waals surface area contributed by atoms with Crippen LogP contribution in [0, 0.1) is 5.92 Å². The average Bonchev–Trinajstić information content (AvgIpc) is 3.48. The summed E-state index contributed by atoms with van der Waals surface area (Å²) < 4.78 is 7.75. The van der Waals surface area contributed by atoms with Gasteiger partial charge < -0.3 is 15.0 Å². The standard InChI is InChI=1S/C21H27N5O3/c1-14(19-22-13-23-25(19)2)24-20(27)16-4-3-5-18(12-16)29-17-8-10-26(11-9-17)21(28)15-6-7-15/h3-5,12-15,17H,6-11H2,1-2H3,(H,24,27)/t14-/m0/s1. The minimum atomic E-state index is -0.257. The van der Waals surface area contributed by atoms with Crippen molar-refractivity contribution in [2.45, 2.75) is 44.8 Å². The molecular weight excluding hydrogens is 370 g/mol. The van der Waals surface area contributed by atoms with Crippen LogP contribution in [-0.2, 0) is 11.8 Å². The Morgan fingerprint density at radius 3 is 2.62 bits per heavy atom. The molecule has 1 atom stereocenters. The van der Waals surface area contributed by atoms with Crippen molar-refractivity contribution in [1.82, 2.24) is 25.0 Å². The van der Waals surface area contributed by atoms with E-state index in [9.17, 15) is 9.59 Å². The molecule has 2 aromatic rings. The van der Waals surface area contributed by atoms with Crippen molar-refractivity contribution in [2.75, 3.05) is 13.1 Å². The molecular formula is C21H27N5O3. The number of carbonyl (C=O) groups is 2. The lowest BCUT2D eigenvalue weighted by Gasteiger charge is -2.32. The second-order valence-electron chi connectivity index (χ2n) is 7.88. The minimum absolute atomic E-state index is 0.0640. The van der Waals surface area contributed by atoms with Crippen molar-refractivity contribution >= 4 is 11.8 Å². The van der Waals surface area contributed by atoms with E-state index in [0.717, 1.165) is 38.8 Å². The van der Waals surface area contributed by atoms with Gasteiger partial charge in [0.15, 0.2) is 0 Å². The first-order chi connectivity index (χ1) is 14.0. The molecule has 29 heavy (non-hydrogen) atoms. The van der Waals surface area contributed by atoms with E-state index in [2.05, 4.69) is 15.4 Å². The summed E-state index contributed by atoms with van der Waals surface area (Å²) in [7, 11) is 1.79. The largest absolute Gasteiger partial charge is 0.490 e. The van der Waals surface area contributed by atoms with E-state index < -0.39 is 0 Å². The highest BCUT2D eigenvalue weighted by Gasteiger charge is 2.35. The molecule has 154 valence electrons. The van der Waals surface area contributed by atoms with Crippen LogP contribution >= 0.6 is 0 Å². The second kappa shape index (κ2) is 8.23. The molecule has 1 aromatic heterocycles. The Hall–Kier alpha value is -2.90. The molecule has 4 rings (SSSR count). The van der Waals surface area contributed by atoms with Crippen molar-refractivity contribution < 1.29 is 14.3 Å². The molecule has 0 bridgehead atoms. The van der Waals surface area contributed by atoms with Crippen molar-refractivity contribution in [3.8, 4) is 5.75 Å². The van der Waals surface area contributed by atoms with Crippen LogP contribution < -0.4 is 10.1 Å². The Morgan fingerprint density at radius 1 is 1.21 bits per heavy atom. The third-order valence-electron chi connectivity index (χ3n) is 5.56. The number of nitrogens with zero attached hydrogens (tertiary/aromatic N) is 4. The van der Waals surface area contributed by atoms with Crippen LogP contribution in [0.4, 0.5) is 0 Å². The van der Waals surface area contributed by atoms with Crippen molar-refractivity contribution in [2.24, 2.45) is 13.0 Å². The quantitative estimate of drug-likeness (QED) is 0.806. The third-order valence-corrected chi connectivity index (χ3v) is 5.56. The fourth-order valence-corrected chi connectivity index (χ4v) is 3.73. The Labute approximate surface area is 170 Å². The molecule has 2 fully saturated rings. The lowest BCUT2D eigenvalue weighted by molar-refractivity contribution is -0.134. The van der Waals surface area contributed by atoms with Gasteiger partial charge in [-0.1, -0.05) is 6.07 Å². The van der Waals surface area contributed by atoms with E-state index in [-0.39, 0.29) is 24.0 Å². The van der Waals surface area contributed by atoms with Gasteiger partial charge in [-0.3, -0.25) is 14.3 Å². The number of rotatable bonds is 6. The van der Waals surface area contributed by atoms with Crippen molar-refractivity contribution in [3.05, 3.63) is 42.0 Å². The molecule has 2 aliphatic rings. The summed E-state index contributed by atoms with van der Waals surface area (Å²) in [5.41, 5.74) is 0.540. The first kappa shape index (κ1) is 19.4. The molecule has 1 N–H and O–H groups in total. The van der Waals surface area contributed by atoms with Crippen LogP contribution in [0.15, 0.2) is 30.6 Å². The first-order valence-corrected chi connectivity index (χ1v) is 10.2. The second-order valence-corrected chi connectivity index (χ2v) is 7.88. The molecule has 2 amide bonds. The Morgan fingerprint density at radius 2 is 1.97 bits per heavy atom. The summed E-state index contributed by atoms with van der Waals surface area (Å²) in [6.07, 6.45) is 5.25. The molecule has 2 heterocycles. The van der Waals surface area contributed by atoms with Crippen LogP contribution in [-0.4, -0.2) is 50.7 Å². The number of aryl methyl sites for hydroxylation is 1.